The topological polar surface area (TPSA) is 111 Å². The molecule has 0 atom stereocenters. The number of hydrogen-bond acceptors (Lipinski definition) is 5. The third-order valence-electron chi connectivity index (χ3n) is 3.97. The van der Waals surface area contributed by atoms with Crippen molar-refractivity contribution in [2.75, 3.05) is 29.0 Å². The van der Waals surface area contributed by atoms with Crippen molar-refractivity contribution in [3.63, 3.8) is 0 Å². The number of rotatable bonds is 5. The summed E-state index contributed by atoms with van der Waals surface area (Å²) in [5.41, 5.74) is 7.02. The Labute approximate surface area is 136 Å². The van der Waals surface area contributed by atoms with Crippen LogP contribution in [0.25, 0.3) is 0 Å². The van der Waals surface area contributed by atoms with E-state index in [9.17, 15) is 13.2 Å². The molecule has 7 nitrogen and oxygen atoms in total. The minimum Gasteiger partial charge on any atom is -0.381 e. The summed E-state index contributed by atoms with van der Waals surface area (Å²) in [4.78, 5) is 12.4. The summed E-state index contributed by atoms with van der Waals surface area (Å²) >= 11 is 0. The van der Waals surface area contributed by atoms with Crippen molar-refractivity contribution in [3.05, 3.63) is 23.8 Å². The van der Waals surface area contributed by atoms with Crippen molar-refractivity contribution in [3.8, 4) is 0 Å². The lowest BCUT2D eigenvalue weighted by atomic mass is 9.90. The van der Waals surface area contributed by atoms with Gasteiger partial charge in [0, 0.05) is 18.9 Å². The fourth-order valence-electron chi connectivity index (χ4n) is 2.31. The van der Waals surface area contributed by atoms with Crippen molar-refractivity contribution in [1.29, 1.82) is 0 Å². The molecule has 1 saturated heterocycles. The highest BCUT2D eigenvalue weighted by atomic mass is 32.2. The number of anilines is 2. The van der Waals surface area contributed by atoms with Gasteiger partial charge in [0.1, 0.15) is 5.54 Å². The lowest BCUT2D eigenvalue weighted by Gasteiger charge is -2.31. The smallest absolute Gasteiger partial charge is 0.244 e. The van der Waals surface area contributed by atoms with Crippen LogP contribution in [-0.4, -0.2) is 38.8 Å². The number of carbonyl (C=O) groups excluding carboxylic acids is 1. The molecule has 8 heteroatoms. The number of sulfonamides is 1. The predicted octanol–water partition coefficient (Wildman–Crippen LogP) is 1.20. The molecule has 1 amide bonds. The largest absolute Gasteiger partial charge is 0.381 e. The minimum absolute atomic E-state index is 0.00267. The van der Waals surface area contributed by atoms with Crippen LogP contribution in [0.5, 0.6) is 0 Å². The van der Waals surface area contributed by atoms with Crippen LogP contribution in [0, 0.1) is 6.92 Å². The second-order valence-electron chi connectivity index (χ2n) is 5.76. The zero-order chi connectivity index (χ0) is 17.1. The first kappa shape index (κ1) is 17.7. The summed E-state index contributed by atoms with van der Waals surface area (Å²) in [6.07, 6.45) is 0.957. The second kappa shape index (κ2) is 6.86. The molecule has 23 heavy (non-hydrogen) atoms. The van der Waals surface area contributed by atoms with E-state index in [0.29, 0.717) is 37.4 Å². The standard InChI is InChI=1S/C15H23N3O4S/c1-3-23(20,21)18-13-5-4-12(10-11(13)2)17-14(19)15(16)6-8-22-9-7-15/h4-5,10,18H,3,6-9,16H2,1-2H3,(H,17,19). The number of hydrogen-bond donors (Lipinski definition) is 3. The molecule has 2 rings (SSSR count). The van der Waals surface area contributed by atoms with E-state index in [1.165, 1.54) is 0 Å². The van der Waals surface area contributed by atoms with E-state index in [1.54, 1.807) is 32.0 Å². The van der Waals surface area contributed by atoms with Gasteiger partial charge in [0.25, 0.3) is 0 Å². The van der Waals surface area contributed by atoms with Gasteiger partial charge >= 0.3 is 0 Å². The summed E-state index contributed by atoms with van der Waals surface area (Å²) in [5, 5.41) is 2.80. The van der Waals surface area contributed by atoms with Crippen molar-refractivity contribution in [1.82, 2.24) is 0 Å². The van der Waals surface area contributed by atoms with E-state index in [0.717, 1.165) is 5.56 Å². The third kappa shape index (κ3) is 4.43. The lowest BCUT2D eigenvalue weighted by Crippen LogP contribution is -2.54. The first-order chi connectivity index (χ1) is 10.8. The van der Waals surface area contributed by atoms with Crippen LogP contribution in [0.3, 0.4) is 0 Å². The van der Waals surface area contributed by atoms with Gasteiger partial charge in [-0.3, -0.25) is 9.52 Å². The number of ether oxygens (including phenoxy) is 1. The molecule has 0 spiro atoms. The fourth-order valence-corrected chi connectivity index (χ4v) is 3.02. The number of benzene rings is 1. The van der Waals surface area contributed by atoms with Gasteiger partial charge in [-0.05, 0) is 50.5 Å². The molecule has 1 aromatic carbocycles. The maximum atomic E-state index is 12.4. The Hall–Kier alpha value is -1.64. The molecule has 128 valence electrons. The van der Waals surface area contributed by atoms with Gasteiger partial charge in [-0.15, -0.1) is 0 Å². The van der Waals surface area contributed by atoms with Crippen molar-refractivity contribution < 1.29 is 17.9 Å². The van der Waals surface area contributed by atoms with Crippen LogP contribution >= 0.6 is 0 Å². The van der Waals surface area contributed by atoms with Gasteiger partial charge in [0.15, 0.2) is 0 Å². The Morgan fingerprint density at radius 3 is 2.57 bits per heavy atom. The Morgan fingerprint density at radius 1 is 1.35 bits per heavy atom. The molecule has 0 saturated carbocycles. The summed E-state index contributed by atoms with van der Waals surface area (Å²) in [5.74, 6) is -0.245. The molecule has 0 aromatic heterocycles. The Balaban J connectivity index is 2.10. The number of amides is 1. The van der Waals surface area contributed by atoms with Crippen LogP contribution in [-0.2, 0) is 19.6 Å². The highest BCUT2D eigenvalue weighted by molar-refractivity contribution is 7.92. The fraction of sp³-hybridized carbons (Fsp3) is 0.533. The monoisotopic (exact) mass is 341 g/mol. The Kier molecular flexibility index (Phi) is 5.28. The summed E-state index contributed by atoms with van der Waals surface area (Å²) in [6, 6.07) is 5.00. The van der Waals surface area contributed by atoms with Crippen LogP contribution in [0.1, 0.15) is 25.3 Å². The molecular weight excluding hydrogens is 318 g/mol. The second-order valence-corrected chi connectivity index (χ2v) is 7.77. The van der Waals surface area contributed by atoms with Gasteiger partial charge in [-0.2, -0.15) is 0 Å². The van der Waals surface area contributed by atoms with E-state index >= 15 is 0 Å². The van der Waals surface area contributed by atoms with Gasteiger partial charge in [0.2, 0.25) is 15.9 Å². The molecule has 0 unspecified atom stereocenters. The minimum atomic E-state index is -3.33. The van der Waals surface area contributed by atoms with Gasteiger partial charge in [0.05, 0.1) is 11.4 Å². The van der Waals surface area contributed by atoms with E-state index in [4.69, 9.17) is 10.5 Å². The first-order valence-corrected chi connectivity index (χ1v) is 9.20. The van der Waals surface area contributed by atoms with Crippen LogP contribution in [0.15, 0.2) is 18.2 Å². The summed E-state index contributed by atoms with van der Waals surface area (Å²) in [7, 11) is -3.33. The first-order valence-electron chi connectivity index (χ1n) is 7.55. The van der Waals surface area contributed by atoms with Gasteiger partial charge in [-0.1, -0.05) is 0 Å². The number of aryl methyl sites for hydroxylation is 1. The zero-order valence-electron chi connectivity index (χ0n) is 13.4. The number of carbonyl (C=O) groups is 1. The molecule has 1 aliphatic rings. The molecule has 0 bridgehead atoms. The Bertz CT molecular complexity index is 682. The van der Waals surface area contributed by atoms with Gasteiger partial charge in [-0.25, -0.2) is 8.42 Å². The third-order valence-corrected chi connectivity index (χ3v) is 5.26. The molecule has 1 heterocycles. The van der Waals surface area contributed by atoms with Crippen molar-refractivity contribution in [2.24, 2.45) is 5.73 Å². The molecule has 1 fully saturated rings. The maximum absolute atomic E-state index is 12.4. The number of nitrogens with two attached hydrogens (primary N) is 1. The number of nitrogens with one attached hydrogen (secondary N) is 2. The average molecular weight is 341 g/mol. The quantitative estimate of drug-likeness (QED) is 0.745. The highest BCUT2D eigenvalue weighted by Gasteiger charge is 2.35. The van der Waals surface area contributed by atoms with Crippen molar-refractivity contribution >= 4 is 27.3 Å². The molecule has 0 radical (unpaired) electrons. The zero-order valence-corrected chi connectivity index (χ0v) is 14.2. The SMILES string of the molecule is CCS(=O)(=O)Nc1ccc(NC(=O)C2(N)CCOCC2)cc1C. The molecular formula is C15H23N3O4S. The van der Waals surface area contributed by atoms with E-state index in [2.05, 4.69) is 10.0 Å². The van der Waals surface area contributed by atoms with Crippen LogP contribution < -0.4 is 15.8 Å². The summed E-state index contributed by atoms with van der Waals surface area (Å²) < 4.78 is 31.0. The van der Waals surface area contributed by atoms with E-state index < -0.39 is 15.6 Å². The van der Waals surface area contributed by atoms with E-state index in [1.807, 2.05) is 0 Å². The maximum Gasteiger partial charge on any atom is 0.244 e. The molecule has 4 N–H and O–H groups in total. The van der Waals surface area contributed by atoms with Crippen LogP contribution in [0.2, 0.25) is 0 Å². The molecule has 0 aliphatic carbocycles. The van der Waals surface area contributed by atoms with Crippen molar-refractivity contribution in [2.45, 2.75) is 32.2 Å². The average Bonchev–Trinajstić information content (AvgIpc) is 2.50. The summed E-state index contributed by atoms with van der Waals surface area (Å²) in [6.45, 7) is 4.29. The van der Waals surface area contributed by atoms with Crippen LogP contribution in [0.4, 0.5) is 11.4 Å². The normalized spacial score (nSPS) is 17.5. The predicted molar refractivity (Wildman–Crippen MR) is 89.9 cm³/mol. The Morgan fingerprint density at radius 2 is 2.00 bits per heavy atom. The molecule has 1 aromatic rings. The highest BCUT2D eigenvalue weighted by Crippen LogP contribution is 2.24. The molecule has 1 aliphatic heterocycles. The van der Waals surface area contributed by atoms with Gasteiger partial charge < -0.3 is 15.8 Å². The van der Waals surface area contributed by atoms with E-state index in [-0.39, 0.29) is 11.7 Å². The lowest BCUT2D eigenvalue weighted by molar-refractivity contribution is -0.124.